The fourth-order valence-electron chi connectivity index (χ4n) is 2.34. The van der Waals surface area contributed by atoms with Crippen molar-refractivity contribution in [2.24, 2.45) is 0 Å². The molecule has 0 fully saturated rings. The van der Waals surface area contributed by atoms with Crippen LogP contribution in [0, 0.1) is 11.6 Å². The lowest BCUT2D eigenvalue weighted by atomic mass is 10.0. The highest BCUT2D eigenvalue weighted by Gasteiger charge is 2.20. The smallest absolute Gasteiger partial charge is 0.355 e. The maximum Gasteiger partial charge on any atom is 0.355 e. The number of methoxy groups -OCH3 is 1. The third-order valence-corrected chi connectivity index (χ3v) is 3.28. The first-order valence-electron chi connectivity index (χ1n) is 6.25. The van der Waals surface area contributed by atoms with Gasteiger partial charge in [-0.3, -0.25) is 0 Å². The molecule has 0 aliphatic rings. The zero-order valence-corrected chi connectivity index (χ0v) is 11.1. The molecule has 3 rings (SSSR count). The van der Waals surface area contributed by atoms with E-state index in [-0.39, 0.29) is 11.5 Å². The Morgan fingerprint density at radius 3 is 2.38 bits per heavy atom. The van der Waals surface area contributed by atoms with Crippen LogP contribution in [0.4, 0.5) is 8.78 Å². The van der Waals surface area contributed by atoms with Crippen molar-refractivity contribution in [3.8, 4) is 11.1 Å². The number of hydrogen-bond acceptors (Lipinski definition) is 2. The van der Waals surface area contributed by atoms with E-state index in [0.29, 0.717) is 22.0 Å². The van der Waals surface area contributed by atoms with E-state index in [1.807, 2.05) is 0 Å². The minimum absolute atomic E-state index is 0.213. The van der Waals surface area contributed by atoms with E-state index in [4.69, 9.17) is 4.74 Å². The standard InChI is InChI=1S/C16H11F2NO2/c1-21-16(20)15-14(9-2-4-10(17)5-3-9)12-8-11(18)6-7-13(12)19-15/h2-8,19H,1H3. The molecular formula is C16H11F2NO2. The van der Waals surface area contributed by atoms with Gasteiger partial charge in [0.25, 0.3) is 0 Å². The Bertz CT molecular complexity index is 822. The van der Waals surface area contributed by atoms with Gasteiger partial charge < -0.3 is 9.72 Å². The normalized spacial score (nSPS) is 10.8. The van der Waals surface area contributed by atoms with Crippen LogP contribution in [0.3, 0.4) is 0 Å². The molecule has 0 radical (unpaired) electrons. The topological polar surface area (TPSA) is 42.1 Å². The van der Waals surface area contributed by atoms with E-state index in [0.717, 1.165) is 0 Å². The SMILES string of the molecule is COC(=O)c1[nH]c2ccc(F)cc2c1-c1ccc(F)cc1. The lowest BCUT2D eigenvalue weighted by molar-refractivity contribution is 0.0596. The maximum absolute atomic E-state index is 13.5. The minimum atomic E-state index is -0.564. The van der Waals surface area contributed by atoms with Crippen LogP contribution in [-0.2, 0) is 4.74 Å². The van der Waals surface area contributed by atoms with Gasteiger partial charge >= 0.3 is 5.97 Å². The third-order valence-electron chi connectivity index (χ3n) is 3.28. The maximum atomic E-state index is 13.5. The molecule has 0 bridgehead atoms. The van der Waals surface area contributed by atoms with Crippen LogP contribution in [0.5, 0.6) is 0 Å². The van der Waals surface area contributed by atoms with E-state index in [2.05, 4.69) is 4.98 Å². The summed E-state index contributed by atoms with van der Waals surface area (Å²) in [5.74, 6) is -1.36. The molecule has 3 nitrogen and oxygen atoms in total. The Kier molecular flexibility index (Phi) is 3.17. The summed E-state index contributed by atoms with van der Waals surface area (Å²) >= 11 is 0. The van der Waals surface area contributed by atoms with Crippen LogP contribution < -0.4 is 0 Å². The summed E-state index contributed by atoms with van der Waals surface area (Å²) in [5, 5.41) is 0.544. The summed E-state index contributed by atoms with van der Waals surface area (Å²) in [6.45, 7) is 0. The van der Waals surface area contributed by atoms with E-state index < -0.39 is 11.8 Å². The van der Waals surface area contributed by atoms with Crippen molar-refractivity contribution in [2.45, 2.75) is 0 Å². The van der Waals surface area contributed by atoms with Crippen molar-refractivity contribution in [3.63, 3.8) is 0 Å². The number of nitrogens with one attached hydrogen (secondary N) is 1. The number of fused-ring (bicyclic) bond motifs is 1. The van der Waals surface area contributed by atoms with E-state index in [1.54, 1.807) is 6.07 Å². The van der Waals surface area contributed by atoms with Crippen molar-refractivity contribution >= 4 is 16.9 Å². The van der Waals surface area contributed by atoms with Crippen LogP contribution in [0.25, 0.3) is 22.0 Å². The van der Waals surface area contributed by atoms with Gasteiger partial charge in [-0.05, 0) is 35.9 Å². The van der Waals surface area contributed by atoms with Gasteiger partial charge in [0, 0.05) is 16.5 Å². The molecule has 0 spiro atoms. The fourth-order valence-corrected chi connectivity index (χ4v) is 2.34. The van der Waals surface area contributed by atoms with Crippen molar-refractivity contribution in [1.29, 1.82) is 0 Å². The second kappa shape index (κ2) is 5.01. The predicted octanol–water partition coefficient (Wildman–Crippen LogP) is 3.90. The quantitative estimate of drug-likeness (QED) is 0.726. The first-order valence-corrected chi connectivity index (χ1v) is 6.25. The van der Waals surface area contributed by atoms with Crippen molar-refractivity contribution in [3.05, 3.63) is 59.8 Å². The minimum Gasteiger partial charge on any atom is -0.464 e. The summed E-state index contributed by atoms with van der Waals surface area (Å²) in [7, 11) is 1.27. The molecule has 3 aromatic rings. The van der Waals surface area contributed by atoms with Crippen LogP contribution in [0.2, 0.25) is 0 Å². The molecule has 2 aromatic carbocycles. The van der Waals surface area contributed by atoms with E-state index in [1.165, 1.54) is 43.5 Å². The predicted molar refractivity (Wildman–Crippen MR) is 75.0 cm³/mol. The number of hydrogen-bond donors (Lipinski definition) is 1. The highest BCUT2D eigenvalue weighted by molar-refractivity contribution is 6.07. The Morgan fingerprint density at radius 1 is 1.05 bits per heavy atom. The zero-order chi connectivity index (χ0) is 15.0. The van der Waals surface area contributed by atoms with Crippen LogP contribution >= 0.6 is 0 Å². The van der Waals surface area contributed by atoms with Gasteiger partial charge in [0.05, 0.1) is 7.11 Å². The highest BCUT2D eigenvalue weighted by atomic mass is 19.1. The third kappa shape index (κ3) is 2.27. The molecular weight excluding hydrogens is 276 g/mol. The van der Waals surface area contributed by atoms with Crippen molar-refractivity contribution < 1.29 is 18.3 Å². The van der Waals surface area contributed by atoms with Crippen LogP contribution in [0.15, 0.2) is 42.5 Å². The molecule has 106 valence electrons. The Balaban J connectivity index is 2.33. The molecule has 5 heteroatoms. The van der Waals surface area contributed by atoms with Gasteiger partial charge in [0.2, 0.25) is 0 Å². The number of rotatable bonds is 2. The van der Waals surface area contributed by atoms with Crippen molar-refractivity contribution in [2.75, 3.05) is 7.11 Å². The number of halogens is 2. The monoisotopic (exact) mass is 287 g/mol. The lowest BCUT2D eigenvalue weighted by Crippen LogP contribution is -2.03. The van der Waals surface area contributed by atoms with E-state index >= 15 is 0 Å². The molecule has 0 aliphatic heterocycles. The number of H-pyrrole nitrogens is 1. The van der Waals surface area contributed by atoms with Gasteiger partial charge in [0.1, 0.15) is 17.3 Å². The molecule has 0 unspecified atom stereocenters. The lowest BCUT2D eigenvalue weighted by Gasteiger charge is -2.04. The molecule has 0 aliphatic carbocycles. The second-order valence-corrected chi connectivity index (χ2v) is 4.56. The van der Waals surface area contributed by atoms with Gasteiger partial charge in [0.15, 0.2) is 0 Å². The van der Waals surface area contributed by atoms with Crippen molar-refractivity contribution in [1.82, 2.24) is 4.98 Å². The Labute approximate surface area is 119 Å². The number of carbonyl (C=O) groups excluding carboxylic acids is 1. The summed E-state index contributed by atoms with van der Waals surface area (Å²) in [5.41, 5.74) is 1.92. The van der Waals surface area contributed by atoms with Crippen LogP contribution in [0.1, 0.15) is 10.5 Å². The first-order chi connectivity index (χ1) is 10.1. The summed E-state index contributed by atoms with van der Waals surface area (Å²) in [6.07, 6.45) is 0. The fraction of sp³-hybridized carbons (Fsp3) is 0.0625. The molecule has 0 amide bonds. The van der Waals surface area contributed by atoms with Crippen LogP contribution in [-0.4, -0.2) is 18.1 Å². The molecule has 0 saturated carbocycles. The molecule has 0 saturated heterocycles. The average Bonchev–Trinajstić information content (AvgIpc) is 2.86. The molecule has 1 N–H and O–H groups in total. The number of ether oxygens (including phenoxy) is 1. The zero-order valence-electron chi connectivity index (χ0n) is 11.1. The summed E-state index contributed by atoms with van der Waals surface area (Å²) in [4.78, 5) is 14.8. The number of esters is 1. The number of aromatic nitrogens is 1. The molecule has 1 aromatic heterocycles. The van der Waals surface area contributed by atoms with E-state index in [9.17, 15) is 13.6 Å². The van der Waals surface area contributed by atoms with Gasteiger partial charge in [-0.1, -0.05) is 12.1 Å². The van der Waals surface area contributed by atoms with Gasteiger partial charge in [-0.25, -0.2) is 13.6 Å². The Hall–Kier alpha value is -2.69. The number of aromatic amines is 1. The second-order valence-electron chi connectivity index (χ2n) is 4.56. The molecule has 0 atom stereocenters. The largest absolute Gasteiger partial charge is 0.464 e. The first kappa shape index (κ1) is 13.3. The number of benzene rings is 2. The molecule has 1 heterocycles. The summed E-state index contributed by atoms with van der Waals surface area (Å²) in [6, 6.07) is 9.82. The Morgan fingerprint density at radius 2 is 1.71 bits per heavy atom. The molecule has 21 heavy (non-hydrogen) atoms. The highest BCUT2D eigenvalue weighted by Crippen LogP contribution is 2.33. The summed E-state index contributed by atoms with van der Waals surface area (Å²) < 4.78 is 31.3. The average molecular weight is 287 g/mol. The number of carbonyl (C=O) groups is 1. The van der Waals surface area contributed by atoms with Gasteiger partial charge in [-0.15, -0.1) is 0 Å². The van der Waals surface area contributed by atoms with Gasteiger partial charge in [-0.2, -0.15) is 0 Å².